The van der Waals surface area contributed by atoms with Crippen molar-refractivity contribution in [1.29, 1.82) is 0 Å². The van der Waals surface area contributed by atoms with Crippen LogP contribution < -0.4 is 0 Å². The fourth-order valence-electron chi connectivity index (χ4n) is 7.75. The highest BCUT2D eigenvalue weighted by Crippen LogP contribution is 2.48. The normalized spacial score (nSPS) is 33.9. The predicted molar refractivity (Wildman–Crippen MR) is 159 cm³/mol. The second-order valence-electron chi connectivity index (χ2n) is 12.8. The number of carbonyl (C=O) groups excluding carboxylic acids is 2. The Bertz CT molecular complexity index is 1210. The lowest BCUT2D eigenvalue weighted by Gasteiger charge is -2.38. The van der Waals surface area contributed by atoms with Gasteiger partial charge in [-0.15, -0.1) is 0 Å². The zero-order valence-electron chi connectivity index (χ0n) is 25.0. The van der Waals surface area contributed by atoms with Crippen LogP contribution in [0.5, 0.6) is 0 Å². The lowest BCUT2D eigenvalue weighted by molar-refractivity contribution is -0.157. The molecule has 2 aromatic rings. The molecule has 0 aliphatic carbocycles. The molecule has 7 rings (SSSR count). The number of piperidine rings is 2. The van der Waals surface area contributed by atoms with E-state index in [0.29, 0.717) is 36.4 Å². The summed E-state index contributed by atoms with van der Waals surface area (Å²) in [5, 5.41) is 19.1. The van der Waals surface area contributed by atoms with Crippen molar-refractivity contribution in [2.45, 2.75) is 98.9 Å². The summed E-state index contributed by atoms with van der Waals surface area (Å²) in [5.41, 5.74) is 1.62. The van der Waals surface area contributed by atoms with Gasteiger partial charge in [0.05, 0.1) is 13.2 Å². The molecule has 10 atom stereocenters. The van der Waals surface area contributed by atoms with Crippen molar-refractivity contribution in [3.05, 3.63) is 71.8 Å². The summed E-state index contributed by atoms with van der Waals surface area (Å²) in [7, 11) is 4.30. The first-order valence-electron chi connectivity index (χ1n) is 15.7. The Balaban J connectivity index is 0.000000153. The number of esters is 2. The lowest BCUT2D eigenvalue weighted by Crippen LogP contribution is -2.48. The predicted octanol–water partition coefficient (Wildman–Crippen LogP) is 2.85. The van der Waals surface area contributed by atoms with Gasteiger partial charge in [-0.3, -0.25) is 14.5 Å². The van der Waals surface area contributed by atoms with Gasteiger partial charge in [0.15, 0.2) is 0 Å². The molecule has 0 amide bonds. The molecule has 5 saturated heterocycles. The molecule has 0 spiro atoms. The number of likely N-dealkylation sites (N-methyl/N-ethyl adjacent to an activating group) is 1. The van der Waals surface area contributed by atoms with E-state index in [9.17, 15) is 19.8 Å². The van der Waals surface area contributed by atoms with Crippen LogP contribution in [-0.4, -0.2) is 108 Å². The van der Waals surface area contributed by atoms with E-state index in [1.54, 1.807) is 0 Å². The van der Waals surface area contributed by atoms with E-state index in [1.165, 1.54) is 12.8 Å². The summed E-state index contributed by atoms with van der Waals surface area (Å²) in [6.45, 7) is -0.432. The fourth-order valence-corrected chi connectivity index (χ4v) is 7.75. The van der Waals surface area contributed by atoms with Crippen molar-refractivity contribution >= 4 is 11.9 Å². The number of hydrogen-bond donors (Lipinski definition) is 2. The van der Waals surface area contributed by atoms with E-state index in [0.717, 1.165) is 36.8 Å². The van der Waals surface area contributed by atoms with Crippen LogP contribution in [0.1, 0.15) is 61.5 Å². The van der Waals surface area contributed by atoms with Crippen LogP contribution in [0.15, 0.2) is 60.7 Å². The molecule has 5 fully saturated rings. The quantitative estimate of drug-likeness (QED) is 0.353. The molecule has 0 saturated carbocycles. The minimum Gasteiger partial charge on any atom is -0.462 e. The van der Waals surface area contributed by atoms with Crippen molar-refractivity contribution < 1.29 is 34.0 Å². The average Bonchev–Trinajstić information content (AvgIpc) is 3.75. The third-order valence-corrected chi connectivity index (χ3v) is 10.3. The van der Waals surface area contributed by atoms with Gasteiger partial charge >= 0.3 is 11.9 Å². The van der Waals surface area contributed by atoms with Crippen LogP contribution in [0.2, 0.25) is 0 Å². The summed E-state index contributed by atoms with van der Waals surface area (Å²) in [4.78, 5) is 29.6. The minimum atomic E-state index is -0.593. The van der Waals surface area contributed by atoms with Crippen LogP contribution >= 0.6 is 0 Å². The van der Waals surface area contributed by atoms with Crippen molar-refractivity contribution in [3.63, 3.8) is 0 Å². The van der Waals surface area contributed by atoms with Gasteiger partial charge in [0.1, 0.15) is 36.3 Å². The Labute approximate surface area is 253 Å². The molecule has 0 aromatic heterocycles. The van der Waals surface area contributed by atoms with Crippen LogP contribution in [0.25, 0.3) is 0 Å². The molecule has 43 heavy (non-hydrogen) atoms. The molecule has 2 N–H and O–H groups in total. The van der Waals surface area contributed by atoms with Crippen molar-refractivity contribution in [1.82, 2.24) is 9.80 Å². The number of fused-ring (bicyclic) bond motifs is 7. The number of ether oxygens (including phenoxy) is 3. The van der Waals surface area contributed by atoms with Gasteiger partial charge in [-0.2, -0.15) is 0 Å². The Morgan fingerprint density at radius 3 is 1.56 bits per heavy atom. The van der Waals surface area contributed by atoms with E-state index in [1.807, 2.05) is 60.7 Å². The molecule has 9 heteroatoms. The summed E-state index contributed by atoms with van der Waals surface area (Å²) >= 11 is 0. The van der Waals surface area contributed by atoms with E-state index in [2.05, 4.69) is 23.9 Å². The van der Waals surface area contributed by atoms with Crippen LogP contribution in [0, 0.1) is 0 Å². The highest BCUT2D eigenvalue weighted by Gasteiger charge is 2.62. The molecule has 9 nitrogen and oxygen atoms in total. The number of hydrogen-bond acceptors (Lipinski definition) is 9. The smallest absolute Gasteiger partial charge is 0.316 e. The van der Waals surface area contributed by atoms with Gasteiger partial charge in [-0.1, -0.05) is 60.7 Å². The number of morpholine rings is 1. The SMILES string of the molecule is CN1[C@@H]2CC[C@H]1C[C@@H](OC(=O)C(CO)c1ccccc1)C2.CN1[C@@H]2C[C@@H](OC(=O)[C@H](CO)c3ccccc3)C[C@H]1[C@@H]1O[C@@H]12. The first kappa shape index (κ1) is 30.2. The molecule has 5 heterocycles. The third kappa shape index (κ3) is 6.37. The van der Waals surface area contributed by atoms with E-state index >= 15 is 0 Å². The van der Waals surface area contributed by atoms with E-state index in [-0.39, 0.29) is 37.4 Å². The second-order valence-corrected chi connectivity index (χ2v) is 12.8. The largest absolute Gasteiger partial charge is 0.462 e. The first-order chi connectivity index (χ1) is 20.9. The van der Waals surface area contributed by atoms with Gasteiger partial charge in [0, 0.05) is 37.0 Å². The maximum Gasteiger partial charge on any atom is 0.316 e. The lowest BCUT2D eigenvalue weighted by atomic mass is 9.97. The van der Waals surface area contributed by atoms with E-state index in [4.69, 9.17) is 14.2 Å². The van der Waals surface area contributed by atoms with Gasteiger partial charge in [-0.05, 0) is 50.9 Å². The Morgan fingerprint density at radius 1 is 0.721 bits per heavy atom. The number of nitrogens with zero attached hydrogens (tertiary/aromatic N) is 2. The van der Waals surface area contributed by atoms with Gasteiger partial charge in [0.25, 0.3) is 0 Å². The molecule has 2 aromatic carbocycles. The number of benzene rings is 2. The highest BCUT2D eigenvalue weighted by molar-refractivity contribution is 5.79. The Morgan fingerprint density at radius 2 is 1.14 bits per heavy atom. The third-order valence-electron chi connectivity index (χ3n) is 10.3. The zero-order chi connectivity index (χ0) is 30.1. The minimum absolute atomic E-state index is 0.00367. The Hall–Kier alpha value is -2.82. The number of aliphatic hydroxyl groups is 2. The standard InChI is InChI=1S/C17H21NO4.C17H23NO3/c1-18-13-7-11(8-14(18)16-15(13)22-16)21-17(20)12(9-19)10-5-3-2-4-6-10;1-18-13-7-8-14(18)10-15(9-13)21-17(20)16(11-19)12-5-3-2-4-6-12/h2-6,11-16,19H,7-9H2,1H3;2-6,13-16,19H,7-11H2,1H3/t11-,12-,13-,14+,15-,16+;13-,14+,15+,16?/m1./s1. The fraction of sp³-hybridized carbons (Fsp3) is 0.588. The molecule has 5 aliphatic heterocycles. The van der Waals surface area contributed by atoms with Gasteiger partial charge < -0.3 is 29.3 Å². The molecular weight excluding hydrogens is 548 g/mol. The van der Waals surface area contributed by atoms with Crippen LogP contribution in [-0.2, 0) is 23.8 Å². The summed E-state index contributed by atoms with van der Waals surface area (Å²) < 4.78 is 17.1. The molecule has 0 radical (unpaired) electrons. The second kappa shape index (κ2) is 13.0. The van der Waals surface area contributed by atoms with Gasteiger partial charge in [-0.25, -0.2) is 0 Å². The maximum absolute atomic E-state index is 12.4. The summed E-state index contributed by atoms with van der Waals surface area (Å²) in [6, 6.07) is 20.5. The zero-order valence-corrected chi connectivity index (χ0v) is 25.0. The average molecular weight is 593 g/mol. The van der Waals surface area contributed by atoms with Crippen molar-refractivity contribution in [2.24, 2.45) is 0 Å². The van der Waals surface area contributed by atoms with E-state index < -0.39 is 11.8 Å². The van der Waals surface area contributed by atoms with Crippen LogP contribution in [0.3, 0.4) is 0 Å². The number of rotatable bonds is 8. The molecule has 1 unspecified atom stereocenters. The van der Waals surface area contributed by atoms with Crippen molar-refractivity contribution in [3.8, 4) is 0 Å². The molecular formula is C34H44N2O7. The number of epoxide rings is 1. The first-order valence-corrected chi connectivity index (χ1v) is 15.7. The van der Waals surface area contributed by atoms with Crippen LogP contribution in [0.4, 0.5) is 0 Å². The Kier molecular flexibility index (Phi) is 9.16. The molecule has 232 valence electrons. The van der Waals surface area contributed by atoms with Gasteiger partial charge in [0.2, 0.25) is 0 Å². The topological polar surface area (TPSA) is 112 Å². The summed E-state index contributed by atoms with van der Waals surface area (Å²) in [5.74, 6) is -1.78. The molecule has 4 bridgehead atoms. The highest BCUT2D eigenvalue weighted by atomic mass is 16.6. The monoisotopic (exact) mass is 592 g/mol. The number of aliphatic hydroxyl groups excluding tert-OH is 2. The maximum atomic E-state index is 12.4. The summed E-state index contributed by atoms with van der Waals surface area (Å²) in [6.07, 6.45) is 6.52. The number of carbonyl (C=O) groups is 2. The molecule has 5 aliphatic rings. The van der Waals surface area contributed by atoms with Crippen molar-refractivity contribution in [2.75, 3.05) is 27.3 Å².